The van der Waals surface area contributed by atoms with E-state index in [9.17, 15) is 9.59 Å². The van der Waals surface area contributed by atoms with Crippen molar-refractivity contribution in [3.05, 3.63) is 42.5 Å². The van der Waals surface area contributed by atoms with Crippen molar-refractivity contribution in [3.8, 4) is 5.75 Å². The van der Waals surface area contributed by atoms with E-state index in [1.54, 1.807) is 11.8 Å². The number of ether oxygens (including phenoxy) is 2. The van der Waals surface area contributed by atoms with Gasteiger partial charge in [-0.3, -0.25) is 4.79 Å². The van der Waals surface area contributed by atoms with E-state index in [4.69, 9.17) is 9.47 Å². The molecule has 1 atom stereocenters. The van der Waals surface area contributed by atoms with Crippen LogP contribution >= 0.6 is 0 Å². The van der Waals surface area contributed by atoms with Crippen molar-refractivity contribution in [1.29, 1.82) is 0 Å². The number of nitrogens with zero attached hydrogens (tertiary/aromatic N) is 1. The molecule has 2 aromatic rings. The molecule has 5 nitrogen and oxygen atoms in total. The summed E-state index contributed by atoms with van der Waals surface area (Å²) in [6.45, 7) is 3.23. The first-order valence-electron chi connectivity index (χ1n) is 9.77. The highest BCUT2D eigenvalue weighted by Gasteiger charge is 2.32. The lowest BCUT2D eigenvalue weighted by molar-refractivity contribution is -0.156. The summed E-state index contributed by atoms with van der Waals surface area (Å²) in [6, 6.07) is 13.6. The van der Waals surface area contributed by atoms with Crippen LogP contribution in [-0.4, -0.2) is 42.6 Å². The van der Waals surface area contributed by atoms with E-state index in [0.717, 1.165) is 29.4 Å². The minimum atomic E-state index is -0.426. The van der Waals surface area contributed by atoms with E-state index in [0.29, 0.717) is 39.0 Å². The number of likely N-dealkylation sites (tertiary alicyclic amines) is 1. The van der Waals surface area contributed by atoms with Gasteiger partial charge >= 0.3 is 5.97 Å². The third kappa shape index (κ3) is 4.79. The largest absolute Gasteiger partial charge is 0.493 e. The molecule has 0 bridgehead atoms. The average molecular weight is 369 g/mol. The maximum Gasteiger partial charge on any atom is 0.328 e. The number of hydrogen-bond acceptors (Lipinski definition) is 4. The molecule has 2 aromatic carbocycles. The molecule has 5 heteroatoms. The van der Waals surface area contributed by atoms with Crippen LogP contribution in [0, 0.1) is 0 Å². The average Bonchev–Trinajstić information content (AvgIpc) is 2.71. The topological polar surface area (TPSA) is 55.8 Å². The molecule has 1 amide bonds. The van der Waals surface area contributed by atoms with Crippen LogP contribution in [0.15, 0.2) is 42.5 Å². The van der Waals surface area contributed by atoms with E-state index in [1.165, 1.54) is 0 Å². The number of carbonyl (C=O) groups is 2. The second-order valence-corrected chi connectivity index (χ2v) is 6.78. The van der Waals surface area contributed by atoms with Crippen molar-refractivity contribution in [1.82, 2.24) is 4.90 Å². The van der Waals surface area contributed by atoms with Crippen LogP contribution < -0.4 is 4.74 Å². The molecular formula is C22H27NO4. The summed E-state index contributed by atoms with van der Waals surface area (Å²) < 4.78 is 11.0. The summed E-state index contributed by atoms with van der Waals surface area (Å²) in [6.07, 6.45) is 3.58. The first-order chi connectivity index (χ1) is 13.2. The maximum atomic E-state index is 12.6. The monoisotopic (exact) mass is 369 g/mol. The molecule has 3 rings (SSSR count). The van der Waals surface area contributed by atoms with Crippen LogP contribution in [0.3, 0.4) is 0 Å². The molecule has 0 saturated carbocycles. The molecule has 0 spiro atoms. The van der Waals surface area contributed by atoms with Crippen LogP contribution in [-0.2, 0) is 14.3 Å². The van der Waals surface area contributed by atoms with Crippen molar-refractivity contribution >= 4 is 22.6 Å². The number of carbonyl (C=O) groups excluding carboxylic acids is 2. The van der Waals surface area contributed by atoms with E-state index < -0.39 is 6.04 Å². The summed E-state index contributed by atoms with van der Waals surface area (Å²) >= 11 is 0. The normalized spacial score (nSPS) is 16.9. The first-order valence-corrected chi connectivity index (χ1v) is 9.77. The molecule has 1 heterocycles. The summed E-state index contributed by atoms with van der Waals surface area (Å²) in [5, 5.41) is 2.21. The van der Waals surface area contributed by atoms with E-state index in [-0.39, 0.29) is 11.9 Å². The van der Waals surface area contributed by atoms with Crippen molar-refractivity contribution in [2.75, 3.05) is 19.8 Å². The standard InChI is InChI=1S/C22H27NO4/c1-2-26-22(25)19-12-5-6-15-23(19)21(24)14-8-16-27-20-13-7-10-17-9-3-4-11-18(17)20/h3-4,7,9-11,13,19H,2,5-6,8,12,14-16H2,1H3. The molecule has 0 N–H and O–H groups in total. The predicted molar refractivity (Wildman–Crippen MR) is 105 cm³/mol. The Kier molecular flexibility index (Phi) is 6.69. The minimum Gasteiger partial charge on any atom is -0.493 e. The number of piperidine rings is 1. The second-order valence-electron chi connectivity index (χ2n) is 6.78. The van der Waals surface area contributed by atoms with Crippen molar-refractivity contribution in [3.63, 3.8) is 0 Å². The van der Waals surface area contributed by atoms with Crippen LogP contribution in [0.2, 0.25) is 0 Å². The minimum absolute atomic E-state index is 0.00859. The van der Waals surface area contributed by atoms with Gasteiger partial charge in [-0.15, -0.1) is 0 Å². The van der Waals surface area contributed by atoms with Crippen molar-refractivity contribution in [2.24, 2.45) is 0 Å². The van der Waals surface area contributed by atoms with Gasteiger partial charge in [0.2, 0.25) is 5.91 Å². The molecule has 1 saturated heterocycles. The molecule has 1 aliphatic rings. The SMILES string of the molecule is CCOC(=O)C1CCCCN1C(=O)CCCOc1cccc2ccccc12. The van der Waals surface area contributed by atoms with Gasteiger partial charge in [-0.25, -0.2) is 4.79 Å². The predicted octanol–water partition coefficient (Wildman–Crippen LogP) is 3.94. The van der Waals surface area contributed by atoms with Gasteiger partial charge in [0.1, 0.15) is 11.8 Å². The first kappa shape index (κ1) is 19.2. The fraction of sp³-hybridized carbons (Fsp3) is 0.455. The van der Waals surface area contributed by atoms with E-state index in [1.807, 2.05) is 30.3 Å². The lowest BCUT2D eigenvalue weighted by Gasteiger charge is -2.34. The fourth-order valence-electron chi connectivity index (χ4n) is 3.58. The third-order valence-corrected chi connectivity index (χ3v) is 4.92. The van der Waals surface area contributed by atoms with Crippen LogP contribution in [0.1, 0.15) is 39.0 Å². The lowest BCUT2D eigenvalue weighted by Crippen LogP contribution is -2.48. The maximum absolute atomic E-state index is 12.6. The Bertz CT molecular complexity index is 783. The molecule has 0 aromatic heterocycles. The Morgan fingerprint density at radius 1 is 1.11 bits per heavy atom. The van der Waals surface area contributed by atoms with Gasteiger partial charge in [-0.1, -0.05) is 36.4 Å². The van der Waals surface area contributed by atoms with Crippen LogP contribution in [0.25, 0.3) is 10.8 Å². The van der Waals surface area contributed by atoms with Gasteiger partial charge in [0.05, 0.1) is 13.2 Å². The van der Waals surface area contributed by atoms with Gasteiger partial charge in [0.15, 0.2) is 0 Å². The van der Waals surface area contributed by atoms with Crippen molar-refractivity contribution in [2.45, 2.75) is 45.1 Å². The van der Waals surface area contributed by atoms with E-state index in [2.05, 4.69) is 12.1 Å². The number of hydrogen-bond donors (Lipinski definition) is 0. The quantitative estimate of drug-likeness (QED) is 0.548. The second kappa shape index (κ2) is 9.40. The van der Waals surface area contributed by atoms with Gasteiger partial charge in [0.25, 0.3) is 0 Å². The number of benzene rings is 2. The third-order valence-electron chi connectivity index (χ3n) is 4.92. The molecule has 144 valence electrons. The zero-order valence-electron chi connectivity index (χ0n) is 15.9. The highest BCUT2D eigenvalue weighted by molar-refractivity contribution is 5.88. The molecule has 1 fully saturated rings. The highest BCUT2D eigenvalue weighted by Crippen LogP contribution is 2.25. The lowest BCUT2D eigenvalue weighted by atomic mass is 10.0. The molecule has 0 radical (unpaired) electrons. The van der Waals surface area contributed by atoms with Gasteiger partial charge in [-0.05, 0) is 44.1 Å². The summed E-state index contributed by atoms with van der Waals surface area (Å²) in [5.74, 6) is 0.565. The summed E-state index contributed by atoms with van der Waals surface area (Å²) in [7, 11) is 0. The Balaban J connectivity index is 1.52. The molecule has 1 unspecified atom stereocenters. The molecule has 0 aliphatic carbocycles. The molecule has 27 heavy (non-hydrogen) atoms. The molecule has 1 aliphatic heterocycles. The van der Waals surface area contributed by atoms with Gasteiger partial charge in [-0.2, -0.15) is 0 Å². The zero-order chi connectivity index (χ0) is 19.1. The Hall–Kier alpha value is -2.56. The summed E-state index contributed by atoms with van der Waals surface area (Å²) in [5.41, 5.74) is 0. The number of rotatable bonds is 7. The number of esters is 1. The van der Waals surface area contributed by atoms with Gasteiger partial charge in [0, 0.05) is 18.4 Å². The Morgan fingerprint density at radius 2 is 1.93 bits per heavy atom. The van der Waals surface area contributed by atoms with Crippen molar-refractivity contribution < 1.29 is 19.1 Å². The summed E-state index contributed by atoms with van der Waals surface area (Å²) in [4.78, 5) is 26.4. The number of amides is 1. The van der Waals surface area contributed by atoms with E-state index >= 15 is 0 Å². The number of fused-ring (bicyclic) bond motifs is 1. The van der Waals surface area contributed by atoms with Gasteiger partial charge < -0.3 is 14.4 Å². The fourth-order valence-corrected chi connectivity index (χ4v) is 3.58. The van der Waals surface area contributed by atoms with Crippen LogP contribution in [0.5, 0.6) is 5.75 Å². The Morgan fingerprint density at radius 3 is 2.78 bits per heavy atom. The Labute approximate surface area is 160 Å². The molecular weight excluding hydrogens is 342 g/mol. The zero-order valence-corrected chi connectivity index (χ0v) is 15.9. The highest BCUT2D eigenvalue weighted by atomic mass is 16.5. The smallest absolute Gasteiger partial charge is 0.328 e. The van der Waals surface area contributed by atoms with Crippen LogP contribution in [0.4, 0.5) is 0 Å².